The van der Waals surface area contributed by atoms with Gasteiger partial charge in [0.15, 0.2) is 5.82 Å². The largest absolute Gasteiger partial charge is 0.463 e. The fourth-order valence-electron chi connectivity index (χ4n) is 2.74. The van der Waals surface area contributed by atoms with Gasteiger partial charge in [-0.05, 0) is 25.3 Å². The van der Waals surface area contributed by atoms with Gasteiger partial charge in [0.1, 0.15) is 17.4 Å². The number of H-pyrrole nitrogens is 1. The molecule has 0 radical (unpaired) electrons. The van der Waals surface area contributed by atoms with Crippen molar-refractivity contribution >= 4 is 16.9 Å². The van der Waals surface area contributed by atoms with Crippen LogP contribution in [-0.2, 0) is 5.54 Å². The van der Waals surface area contributed by atoms with E-state index in [0.717, 1.165) is 24.6 Å². The number of furan rings is 1. The van der Waals surface area contributed by atoms with Crippen LogP contribution in [0.5, 0.6) is 0 Å². The predicted octanol–water partition coefficient (Wildman–Crippen LogP) is 1.76. The first-order valence-corrected chi connectivity index (χ1v) is 6.81. The highest BCUT2D eigenvalue weighted by molar-refractivity contribution is 6.06. The van der Waals surface area contributed by atoms with Crippen molar-refractivity contribution in [2.45, 2.75) is 24.8 Å². The minimum atomic E-state index is -0.511. The molecule has 2 heterocycles. The van der Waals surface area contributed by atoms with Crippen LogP contribution in [0.2, 0.25) is 0 Å². The number of fused-ring (bicyclic) bond motifs is 1. The number of benzene rings is 1. The van der Waals surface area contributed by atoms with Crippen molar-refractivity contribution in [2.75, 3.05) is 0 Å². The maximum atomic E-state index is 12.6. The highest BCUT2D eigenvalue weighted by Gasteiger charge is 2.44. The first-order valence-electron chi connectivity index (χ1n) is 6.81. The van der Waals surface area contributed by atoms with Crippen molar-refractivity contribution in [1.29, 1.82) is 0 Å². The number of carbonyl (C=O) groups excluding carboxylic acids is 1. The fourth-order valence-corrected chi connectivity index (χ4v) is 2.74. The second-order valence-corrected chi connectivity index (χ2v) is 5.27. The summed E-state index contributed by atoms with van der Waals surface area (Å²) in [6.45, 7) is 0. The number of nitrogens with one attached hydrogen (secondary N) is 2. The zero-order valence-corrected chi connectivity index (χ0v) is 11.2. The number of aromatic amines is 1. The fraction of sp³-hybridized carbons (Fsp3) is 0.286. The molecule has 0 spiro atoms. The normalized spacial score (nSPS) is 16.6. The van der Waals surface area contributed by atoms with Gasteiger partial charge in [0.25, 0.3) is 5.91 Å². The number of hydrogen-bond donors (Lipinski definition) is 2. The van der Waals surface area contributed by atoms with Gasteiger partial charge in [0, 0.05) is 5.39 Å². The molecule has 21 heavy (non-hydrogen) atoms. The van der Waals surface area contributed by atoms with Crippen LogP contribution in [-0.4, -0.2) is 26.5 Å². The summed E-state index contributed by atoms with van der Waals surface area (Å²) in [5.74, 6) is 0.361. The van der Waals surface area contributed by atoms with Gasteiger partial charge in [0.05, 0.1) is 5.56 Å². The van der Waals surface area contributed by atoms with E-state index in [-0.39, 0.29) is 5.91 Å². The Morgan fingerprint density at radius 1 is 1.33 bits per heavy atom. The summed E-state index contributed by atoms with van der Waals surface area (Å²) < 4.78 is 5.42. The van der Waals surface area contributed by atoms with Crippen LogP contribution in [0.3, 0.4) is 0 Å². The van der Waals surface area contributed by atoms with Gasteiger partial charge in [-0.25, -0.2) is 0 Å². The van der Waals surface area contributed by atoms with E-state index < -0.39 is 5.54 Å². The Balaban J connectivity index is 1.66. The van der Waals surface area contributed by atoms with Crippen LogP contribution in [0.4, 0.5) is 0 Å². The Hall–Kier alpha value is -2.70. The molecule has 0 bridgehead atoms. The van der Waals surface area contributed by atoms with E-state index in [1.807, 2.05) is 24.3 Å². The van der Waals surface area contributed by atoms with E-state index in [4.69, 9.17) is 4.42 Å². The molecule has 3 aromatic rings. The standard InChI is InChI=1S/C14H13N5O2/c20-12(10-8-21-11-5-2-1-4-9(10)11)15-14(6-3-7-14)13-16-18-19-17-13/h1-2,4-5,8H,3,6-7H2,(H,15,20)(H,16,17,18,19). The smallest absolute Gasteiger partial charge is 0.255 e. The van der Waals surface area contributed by atoms with E-state index >= 15 is 0 Å². The molecule has 106 valence electrons. The molecule has 0 atom stereocenters. The minimum absolute atomic E-state index is 0.176. The molecular formula is C14H13N5O2. The lowest BCUT2D eigenvalue weighted by molar-refractivity contribution is 0.0810. The average Bonchev–Trinajstić information content (AvgIpc) is 3.12. The monoisotopic (exact) mass is 283 g/mol. The molecule has 2 aromatic heterocycles. The van der Waals surface area contributed by atoms with Crippen LogP contribution < -0.4 is 5.32 Å². The number of rotatable bonds is 3. The summed E-state index contributed by atoms with van der Waals surface area (Å²) in [4.78, 5) is 12.6. The summed E-state index contributed by atoms with van der Waals surface area (Å²) in [7, 11) is 0. The van der Waals surface area contributed by atoms with Crippen molar-refractivity contribution in [1.82, 2.24) is 25.9 Å². The average molecular weight is 283 g/mol. The third-order valence-corrected chi connectivity index (χ3v) is 4.06. The van der Waals surface area contributed by atoms with Gasteiger partial charge in [0.2, 0.25) is 0 Å². The summed E-state index contributed by atoms with van der Waals surface area (Å²) in [6, 6.07) is 7.47. The van der Waals surface area contributed by atoms with E-state index in [9.17, 15) is 4.79 Å². The van der Waals surface area contributed by atoms with Crippen molar-refractivity contribution in [3.05, 3.63) is 41.9 Å². The molecule has 1 aromatic carbocycles. The third-order valence-electron chi connectivity index (χ3n) is 4.06. The van der Waals surface area contributed by atoms with E-state index in [2.05, 4.69) is 25.9 Å². The molecule has 1 amide bonds. The topological polar surface area (TPSA) is 96.7 Å². The number of carbonyl (C=O) groups is 1. The Bertz CT molecular complexity index is 789. The van der Waals surface area contributed by atoms with Gasteiger partial charge in [-0.1, -0.05) is 23.4 Å². The second kappa shape index (κ2) is 4.41. The van der Waals surface area contributed by atoms with Crippen molar-refractivity contribution in [3.8, 4) is 0 Å². The first kappa shape index (κ1) is 12.1. The lowest BCUT2D eigenvalue weighted by Crippen LogP contribution is -2.51. The number of amides is 1. The van der Waals surface area contributed by atoms with Crippen LogP contribution >= 0.6 is 0 Å². The zero-order valence-electron chi connectivity index (χ0n) is 11.2. The molecule has 4 rings (SSSR count). The van der Waals surface area contributed by atoms with Crippen molar-refractivity contribution in [2.24, 2.45) is 0 Å². The van der Waals surface area contributed by atoms with Crippen LogP contribution in [0.25, 0.3) is 11.0 Å². The molecular weight excluding hydrogens is 270 g/mol. The molecule has 2 N–H and O–H groups in total. The quantitative estimate of drug-likeness (QED) is 0.763. The van der Waals surface area contributed by atoms with E-state index in [1.54, 1.807) is 0 Å². The zero-order chi connectivity index (χ0) is 14.3. The number of para-hydroxylation sites is 1. The van der Waals surface area contributed by atoms with Gasteiger partial charge in [-0.2, -0.15) is 5.21 Å². The number of hydrogen-bond acceptors (Lipinski definition) is 5. The highest BCUT2D eigenvalue weighted by Crippen LogP contribution is 2.39. The molecule has 0 unspecified atom stereocenters. The van der Waals surface area contributed by atoms with Crippen molar-refractivity contribution in [3.63, 3.8) is 0 Å². The lowest BCUT2D eigenvalue weighted by atomic mass is 9.76. The molecule has 1 aliphatic carbocycles. The summed E-state index contributed by atoms with van der Waals surface area (Å²) in [5.41, 5.74) is 0.716. The van der Waals surface area contributed by atoms with E-state index in [0.29, 0.717) is 17.0 Å². The number of tetrazole rings is 1. The maximum Gasteiger partial charge on any atom is 0.255 e. The number of nitrogens with zero attached hydrogens (tertiary/aromatic N) is 3. The Kier molecular flexibility index (Phi) is 2.53. The molecule has 1 aliphatic rings. The van der Waals surface area contributed by atoms with Gasteiger partial charge in [-0.3, -0.25) is 4.79 Å². The lowest BCUT2D eigenvalue weighted by Gasteiger charge is -2.39. The SMILES string of the molecule is O=C(NC1(c2nn[nH]n2)CCC1)c1coc2ccccc12. The van der Waals surface area contributed by atoms with E-state index in [1.165, 1.54) is 6.26 Å². The second-order valence-electron chi connectivity index (χ2n) is 5.27. The Morgan fingerprint density at radius 2 is 2.19 bits per heavy atom. The van der Waals surface area contributed by atoms with Gasteiger partial charge < -0.3 is 9.73 Å². The molecule has 0 aliphatic heterocycles. The summed E-state index contributed by atoms with van der Waals surface area (Å²) in [6.07, 6.45) is 4.14. The maximum absolute atomic E-state index is 12.6. The molecule has 1 fully saturated rings. The highest BCUT2D eigenvalue weighted by atomic mass is 16.3. The van der Waals surface area contributed by atoms with Gasteiger partial charge >= 0.3 is 0 Å². The number of aromatic nitrogens is 4. The third kappa shape index (κ3) is 1.81. The molecule has 0 saturated heterocycles. The minimum Gasteiger partial charge on any atom is -0.463 e. The van der Waals surface area contributed by atoms with Crippen LogP contribution in [0.15, 0.2) is 34.9 Å². The predicted molar refractivity (Wildman–Crippen MR) is 73.4 cm³/mol. The molecule has 7 heteroatoms. The first-order chi connectivity index (χ1) is 10.3. The van der Waals surface area contributed by atoms with Crippen molar-refractivity contribution < 1.29 is 9.21 Å². The Labute approximate surface area is 119 Å². The summed E-state index contributed by atoms with van der Waals surface area (Å²) >= 11 is 0. The van der Waals surface area contributed by atoms with Gasteiger partial charge in [-0.15, -0.1) is 10.2 Å². The van der Waals surface area contributed by atoms with Crippen LogP contribution in [0.1, 0.15) is 35.4 Å². The summed E-state index contributed by atoms with van der Waals surface area (Å²) in [5, 5.41) is 17.9. The Morgan fingerprint density at radius 3 is 2.90 bits per heavy atom. The molecule has 7 nitrogen and oxygen atoms in total. The van der Waals surface area contributed by atoms with Crippen LogP contribution in [0, 0.1) is 0 Å². The molecule has 1 saturated carbocycles.